The quantitative estimate of drug-likeness (QED) is 0.690. The van der Waals surface area contributed by atoms with Gasteiger partial charge in [-0.2, -0.15) is 0 Å². The monoisotopic (exact) mass is 375 g/mol. The van der Waals surface area contributed by atoms with E-state index >= 15 is 0 Å². The van der Waals surface area contributed by atoms with Crippen LogP contribution in [0, 0.1) is 0 Å². The minimum absolute atomic E-state index is 0.0442. The number of rotatable bonds is 6. The second-order valence-corrected chi connectivity index (χ2v) is 7.03. The van der Waals surface area contributed by atoms with Crippen molar-refractivity contribution in [2.24, 2.45) is 0 Å². The maximum atomic E-state index is 9.35. The summed E-state index contributed by atoms with van der Waals surface area (Å²) < 4.78 is 5.19. The lowest BCUT2D eigenvalue weighted by atomic mass is 10.1. The Kier molecular flexibility index (Phi) is 5.55. The van der Waals surface area contributed by atoms with Crippen LogP contribution < -0.4 is 4.74 Å². The van der Waals surface area contributed by atoms with E-state index in [0.717, 1.165) is 54.4 Å². The highest BCUT2D eigenvalue weighted by atomic mass is 16.5. The molecule has 0 radical (unpaired) electrons. The molecule has 1 aromatic heterocycles. The highest BCUT2D eigenvalue weighted by Gasteiger charge is 2.19. The highest BCUT2D eigenvalue weighted by Crippen LogP contribution is 2.23. The summed E-state index contributed by atoms with van der Waals surface area (Å²) in [5.74, 6) is 1.76. The first-order valence-electron chi connectivity index (χ1n) is 9.56. The first-order chi connectivity index (χ1) is 13.7. The number of fused-ring (bicyclic) bond motifs is 1. The second-order valence-electron chi connectivity index (χ2n) is 7.03. The lowest BCUT2D eigenvalue weighted by Gasteiger charge is -2.24. The van der Waals surface area contributed by atoms with Crippen LogP contribution in [0.5, 0.6) is 5.75 Å². The Labute approximate surface area is 165 Å². The van der Waals surface area contributed by atoms with Gasteiger partial charge >= 0.3 is 0 Å². The topological polar surface area (TPSA) is 61.4 Å². The van der Waals surface area contributed by atoms with Gasteiger partial charge in [0, 0.05) is 31.6 Å². The predicted octanol–water partition coefficient (Wildman–Crippen LogP) is 3.65. The number of ether oxygens (including phenoxy) is 1. The average Bonchev–Trinajstić information content (AvgIpc) is 3.18. The number of H-pyrrole nitrogens is 1. The van der Waals surface area contributed by atoms with Gasteiger partial charge < -0.3 is 14.8 Å². The molecule has 5 nitrogen and oxygen atoms in total. The normalized spacial score (nSPS) is 14.4. The Morgan fingerprint density at radius 3 is 2.86 bits per heavy atom. The van der Waals surface area contributed by atoms with Gasteiger partial charge in [-0.25, -0.2) is 4.98 Å². The minimum Gasteiger partial charge on any atom is -0.497 e. The average molecular weight is 375 g/mol. The molecule has 0 fully saturated rings. The predicted molar refractivity (Wildman–Crippen MR) is 111 cm³/mol. The third kappa shape index (κ3) is 4.16. The Bertz CT molecular complexity index is 960. The number of nitrogens with zero attached hydrogens (tertiary/aromatic N) is 2. The molecule has 0 bridgehead atoms. The van der Waals surface area contributed by atoms with Crippen molar-refractivity contribution in [1.82, 2.24) is 14.9 Å². The maximum Gasteiger partial charge on any atom is 0.137 e. The molecule has 5 heteroatoms. The molecule has 0 spiro atoms. The van der Waals surface area contributed by atoms with Gasteiger partial charge in [0.1, 0.15) is 11.6 Å². The van der Waals surface area contributed by atoms with Crippen molar-refractivity contribution in [2.45, 2.75) is 19.6 Å². The van der Waals surface area contributed by atoms with Crippen LogP contribution in [0.4, 0.5) is 0 Å². The van der Waals surface area contributed by atoms with Crippen molar-refractivity contribution >= 4 is 6.08 Å². The molecular formula is C23H25N3O2. The van der Waals surface area contributed by atoms with Gasteiger partial charge in [0.25, 0.3) is 0 Å². The molecule has 0 saturated heterocycles. The zero-order valence-electron chi connectivity index (χ0n) is 16.1. The van der Waals surface area contributed by atoms with Crippen molar-refractivity contribution in [2.75, 3.05) is 20.2 Å². The first kappa shape index (κ1) is 18.5. The number of imidazole rings is 1. The summed E-state index contributed by atoms with van der Waals surface area (Å²) in [4.78, 5) is 10.7. The molecule has 1 aliphatic heterocycles. The van der Waals surface area contributed by atoms with Gasteiger partial charge in [0.2, 0.25) is 0 Å². The molecule has 0 saturated carbocycles. The van der Waals surface area contributed by atoms with Crippen LogP contribution >= 0.6 is 0 Å². The Morgan fingerprint density at radius 1 is 1.21 bits per heavy atom. The largest absolute Gasteiger partial charge is 0.497 e. The van der Waals surface area contributed by atoms with Crippen LogP contribution in [0.15, 0.2) is 54.6 Å². The second kappa shape index (κ2) is 8.42. The molecule has 2 heterocycles. The van der Waals surface area contributed by atoms with Crippen LogP contribution in [0.2, 0.25) is 0 Å². The molecule has 144 valence electrons. The van der Waals surface area contributed by atoms with Crippen LogP contribution in [-0.2, 0) is 19.6 Å². The Balaban J connectivity index is 1.40. The van der Waals surface area contributed by atoms with E-state index in [2.05, 4.69) is 34.2 Å². The van der Waals surface area contributed by atoms with Crippen molar-refractivity contribution in [3.05, 3.63) is 77.1 Å². The standard InChI is InChI=1S/C23H25N3O2/c1-28-20-9-7-17(8-10-20)5-3-12-26-13-11-21-22(15-26)25-23(24-21)19-6-2-4-18(14-19)16-27/h2-10,14,27H,11-13,15-16H2,1H3,(H,24,25)/b5-3+. The number of hydrogen-bond donors (Lipinski definition) is 2. The van der Waals surface area contributed by atoms with Gasteiger partial charge in [-0.3, -0.25) is 4.90 Å². The summed E-state index contributed by atoms with van der Waals surface area (Å²) in [5.41, 5.74) is 5.43. The number of aliphatic hydroxyl groups excluding tert-OH is 1. The molecule has 3 aromatic rings. The minimum atomic E-state index is 0.0442. The summed E-state index contributed by atoms with van der Waals surface area (Å²) in [6, 6.07) is 16.0. The Morgan fingerprint density at radius 2 is 2.07 bits per heavy atom. The number of methoxy groups -OCH3 is 1. The highest BCUT2D eigenvalue weighted by molar-refractivity contribution is 5.57. The van der Waals surface area contributed by atoms with E-state index < -0.39 is 0 Å². The van der Waals surface area contributed by atoms with Crippen LogP contribution in [0.1, 0.15) is 22.5 Å². The SMILES string of the molecule is COc1ccc(/C=C/CN2CCc3nc(-c4cccc(CO)c4)[nH]c3C2)cc1. The van der Waals surface area contributed by atoms with Crippen LogP contribution in [0.25, 0.3) is 17.5 Å². The molecule has 1 aliphatic rings. The number of aromatic nitrogens is 2. The van der Waals surface area contributed by atoms with E-state index in [1.165, 1.54) is 11.3 Å². The summed E-state index contributed by atoms with van der Waals surface area (Å²) in [6.45, 7) is 2.82. The summed E-state index contributed by atoms with van der Waals surface area (Å²) >= 11 is 0. The van der Waals surface area contributed by atoms with Crippen molar-refractivity contribution in [3.63, 3.8) is 0 Å². The molecule has 2 aromatic carbocycles. The summed E-state index contributed by atoms with van der Waals surface area (Å²) in [7, 11) is 1.68. The van der Waals surface area contributed by atoms with E-state index in [1.54, 1.807) is 7.11 Å². The lowest BCUT2D eigenvalue weighted by molar-refractivity contribution is 0.277. The first-order valence-corrected chi connectivity index (χ1v) is 9.56. The van der Waals surface area contributed by atoms with Crippen LogP contribution in [0.3, 0.4) is 0 Å². The zero-order valence-corrected chi connectivity index (χ0v) is 16.1. The van der Waals surface area contributed by atoms with E-state index in [4.69, 9.17) is 9.72 Å². The smallest absolute Gasteiger partial charge is 0.137 e. The fourth-order valence-corrected chi connectivity index (χ4v) is 3.51. The van der Waals surface area contributed by atoms with E-state index in [0.29, 0.717) is 0 Å². The number of benzene rings is 2. The van der Waals surface area contributed by atoms with Gasteiger partial charge in [0.05, 0.1) is 25.1 Å². The summed E-state index contributed by atoms with van der Waals surface area (Å²) in [5, 5.41) is 9.35. The zero-order chi connectivity index (χ0) is 19.3. The lowest BCUT2D eigenvalue weighted by Crippen LogP contribution is -2.30. The number of aliphatic hydroxyl groups is 1. The molecule has 0 aliphatic carbocycles. The molecule has 0 amide bonds. The van der Waals surface area contributed by atoms with Gasteiger partial charge in [0.15, 0.2) is 0 Å². The third-order valence-corrected chi connectivity index (χ3v) is 5.08. The van der Waals surface area contributed by atoms with Crippen molar-refractivity contribution in [1.29, 1.82) is 0 Å². The fraction of sp³-hybridized carbons (Fsp3) is 0.261. The fourth-order valence-electron chi connectivity index (χ4n) is 3.51. The molecule has 0 unspecified atom stereocenters. The van der Waals surface area contributed by atoms with Gasteiger partial charge in [-0.1, -0.05) is 42.5 Å². The molecule has 2 N–H and O–H groups in total. The Hall–Kier alpha value is -2.89. The molecule has 4 rings (SSSR count). The summed E-state index contributed by atoms with van der Waals surface area (Å²) in [6.07, 6.45) is 5.30. The van der Waals surface area contributed by atoms with E-state index in [9.17, 15) is 5.11 Å². The van der Waals surface area contributed by atoms with Crippen LogP contribution in [-0.4, -0.2) is 40.2 Å². The van der Waals surface area contributed by atoms with E-state index in [1.807, 2.05) is 36.4 Å². The third-order valence-electron chi connectivity index (χ3n) is 5.08. The van der Waals surface area contributed by atoms with Gasteiger partial charge in [-0.05, 0) is 29.3 Å². The number of nitrogens with one attached hydrogen (secondary N) is 1. The molecule has 28 heavy (non-hydrogen) atoms. The van der Waals surface area contributed by atoms with Gasteiger partial charge in [-0.15, -0.1) is 0 Å². The maximum absolute atomic E-state index is 9.35. The molecule has 0 atom stereocenters. The number of aromatic amines is 1. The molecular weight excluding hydrogens is 350 g/mol. The van der Waals surface area contributed by atoms with Crippen molar-refractivity contribution in [3.8, 4) is 17.1 Å². The van der Waals surface area contributed by atoms with Crippen molar-refractivity contribution < 1.29 is 9.84 Å². The number of hydrogen-bond acceptors (Lipinski definition) is 4. The van der Waals surface area contributed by atoms with E-state index in [-0.39, 0.29) is 6.61 Å².